The molecule has 1 aliphatic carbocycles. The maximum Gasteiger partial charge on any atom is 0.0641 e. The zero-order valence-electron chi connectivity index (χ0n) is 27.9. The first kappa shape index (κ1) is 28.3. The van der Waals surface area contributed by atoms with Crippen LogP contribution in [-0.2, 0) is 0 Å². The molecule has 0 fully saturated rings. The molecule has 240 valence electrons. The Balaban J connectivity index is 1.19. The van der Waals surface area contributed by atoms with Gasteiger partial charge < -0.3 is 13.7 Å². The number of hydrogen-bond acceptors (Lipinski definition) is 0. The molecule has 3 aromatic heterocycles. The van der Waals surface area contributed by atoms with Crippen molar-refractivity contribution in [1.82, 2.24) is 13.7 Å². The molecule has 3 heterocycles. The van der Waals surface area contributed by atoms with Crippen molar-refractivity contribution < 1.29 is 0 Å². The van der Waals surface area contributed by atoms with Gasteiger partial charge in [0.2, 0.25) is 0 Å². The van der Waals surface area contributed by atoms with E-state index in [9.17, 15) is 0 Å². The Morgan fingerprint density at radius 3 is 1.71 bits per heavy atom. The normalized spacial score (nSPS) is 14.6. The maximum atomic E-state index is 2.52. The van der Waals surface area contributed by atoms with Gasteiger partial charge in [-0.05, 0) is 84.3 Å². The lowest BCUT2D eigenvalue weighted by Crippen LogP contribution is -2.06. The van der Waals surface area contributed by atoms with E-state index in [1.165, 1.54) is 82.2 Å². The van der Waals surface area contributed by atoms with Crippen molar-refractivity contribution >= 4 is 65.4 Å². The van der Waals surface area contributed by atoms with Gasteiger partial charge in [0, 0.05) is 54.7 Å². The van der Waals surface area contributed by atoms with Crippen molar-refractivity contribution in [2.45, 2.75) is 12.5 Å². The number of nitrogens with zero attached hydrogens (tertiary/aromatic N) is 3. The Morgan fingerprint density at radius 2 is 0.980 bits per heavy atom. The molecule has 0 aliphatic heterocycles. The minimum atomic E-state index is 0.313. The van der Waals surface area contributed by atoms with Gasteiger partial charge in [0.05, 0.1) is 28.1 Å². The van der Waals surface area contributed by atoms with Gasteiger partial charge in [-0.15, -0.1) is 0 Å². The fourth-order valence-electron chi connectivity index (χ4n) is 8.74. The van der Waals surface area contributed by atoms with Gasteiger partial charge in [0.25, 0.3) is 0 Å². The number of allylic oxidation sites excluding steroid dienone is 4. The first-order valence-electron chi connectivity index (χ1n) is 17.8. The van der Waals surface area contributed by atoms with Crippen LogP contribution < -0.4 is 0 Å². The van der Waals surface area contributed by atoms with Crippen LogP contribution in [0.4, 0.5) is 0 Å². The fraction of sp³-hybridized carbons (Fsp3) is 0.0417. The van der Waals surface area contributed by atoms with Gasteiger partial charge in [0.1, 0.15) is 0 Å². The summed E-state index contributed by atoms with van der Waals surface area (Å²) in [5, 5.41) is 7.65. The molecule has 0 saturated carbocycles. The number of fused-ring (bicyclic) bond motifs is 10. The lowest BCUT2D eigenvalue weighted by molar-refractivity contribution is 0.648. The maximum absolute atomic E-state index is 2.52. The van der Waals surface area contributed by atoms with E-state index in [1.54, 1.807) is 0 Å². The molecule has 3 heteroatoms. The first-order chi connectivity index (χ1) is 25.3. The molecule has 0 N–H and O–H groups in total. The Morgan fingerprint density at radius 1 is 0.412 bits per heavy atom. The third kappa shape index (κ3) is 4.12. The Hall–Kier alpha value is -6.58. The summed E-state index contributed by atoms with van der Waals surface area (Å²) in [6.45, 7) is 0. The molecule has 0 radical (unpaired) electrons. The zero-order chi connectivity index (χ0) is 33.5. The topological polar surface area (TPSA) is 14.8 Å². The van der Waals surface area contributed by atoms with Crippen LogP contribution in [0.1, 0.15) is 12.5 Å². The molecule has 10 aromatic rings. The minimum absolute atomic E-state index is 0.313. The largest absolute Gasteiger partial charge is 0.333 e. The second kappa shape index (κ2) is 11.0. The van der Waals surface area contributed by atoms with Crippen LogP contribution in [0.15, 0.2) is 182 Å². The third-order valence-corrected chi connectivity index (χ3v) is 10.9. The van der Waals surface area contributed by atoms with Crippen molar-refractivity contribution in [3.63, 3.8) is 0 Å². The molecule has 3 nitrogen and oxygen atoms in total. The minimum Gasteiger partial charge on any atom is -0.333 e. The van der Waals surface area contributed by atoms with E-state index in [2.05, 4.69) is 196 Å². The third-order valence-electron chi connectivity index (χ3n) is 10.9. The van der Waals surface area contributed by atoms with E-state index in [-0.39, 0.29) is 0 Å². The average molecular weight is 652 g/mol. The van der Waals surface area contributed by atoms with Gasteiger partial charge in [0.15, 0.2) is 0 Å². The summed E-state index contributed by atoms with van der Waals surface area (Å²) in [5.74, 6) is 0. The summed E-state index contributed by atoms with van der Waals surface area (Å²) in [7, 11) is 0. The fourth-order valence-corrected chi connectivity index (χ4v) is 8.74. The quantitative estimate of drug-likeness (QED) is 0.180. The van der Waals surface area contributed by atoms with Crippen molar-refractivity contribution in [3.05, 3.63) is 182 Å². The van der Waals surface area contributed by atoms with Crippen LogP contribution in [0.25, 0.3) is 87.9 Å². The van der Waals surface area contributed by atoms with Gasteiger partial charge in [-0.2, -0.15) is 0 Å². The van der Waals surface area contributed by atoms with Crippen LogP contribution >= 0.6 is 0 Å². The Labute approximate surface area is 295 Å². The van der Waals surface area contributed by atoms with Crippen LogP contribution in [0.5, 0.6) is 0 Å². The Bertz CT molecular complexity index is 3040. The van der Waals surface area contributed by atoms with Crippen molar-refractivity contribution in [3.8, 4) is 22.5 Å². The second-order valence-corrected chi connectivity index (χ2v) is 13.7. The van der Waals surface area contributed by atoms with Crippen molar-refractivity contribution in [2.75, 3.05) is 0 Å². The Kier molecular flexibility index (Phi) is 6.08. The summed E-state index contributed by atoms with van der Waals surface area (Å²) in [4.78, 5) is 0. The predicted octanol–water partition coefficient (Wildman–Crippen LogP) is 12.7. The van der Waals surface area contributed by atoms with E-state index in [0.717, 1.165) is 12.1 Å². The number of hydrogen-bond donors (Lipinski definition) is 0. The van der Waals surface area contributed by atoms with Crippen LogP contribution in [0.2, 0.25) is 0 Å². The van der Waals surface area contributed by atoms with Gasteiger partial charge in [-0.25, -0.2) is 0 Å². The lowest BCUT2D eigenvalue weighted by atomic mass is 10.00. The monoisotopic (exact) mass is 651 g/mol. The number of aromatic nitrogens is 3. The van der Waals surface area contributed by atoms with E-state index < -0.39 is 0 Å². The number of benzene rings is 7. The van der Waals surface area contributed by atoms with E-state index >= 15 is 0 Å². The molecule has 1 aliphatic rings. The molecule has 0 bridgehead atoms. The smallest absolute Gasteiger partial charge is 0.0641 e. The molecule has 11 rings (SSSR count). The number of para-hydroxylation sites is 4. The lowest BCUT2D eigenvalue weighted by Gasteiger charge is -2.18. The standard InChI is InChI=1S/C48H33N3/c1-4-14-34(15-5-1)49-42-22-12-10-20-37(42)40-30-32(24-27-44(40)49)33-25-28-45-41(31-33)38-26-29-46-47(48(38)51(45)36-18-8-3-9-19-36)39-21-11-13-23-43(39)50(46)35-16-6-2-7-17-35/h1-14,16-31,34H,15H2. The highest BCUT2D eigenvalue weighted by atomic mass is 15.0. The molecular weight excluding hydrogens is 619 g/mol. The van der Waals surface area contributed by atoms with E-state index in [1.807, 2.05) is 0 Å². The van der Waals surface area contributed by atoms with E-state index in [4.69, 9.17) is 0 Å². The molecule has 1 unspecified atom stereocenters. The molecule has 0 spiro atoms. The summed E-state index contributed by atoms with van der Waals surface area (Å²) >= 11 is 0. The number of rotatable bonds is 4. The molecular formula is C48H33N3. The summed E-state index contributed by atoms with van der Waals surface area (Å²) in [5.41, 5.74) is 12.2. The van der Waals surface area contributed by atoms with Crippen LogP contribution in [-0.4, -0.2) is 13.7 Å². The van der Waals surface area contributed by atoms with Crippen LogP contribution in [0, 0.1) is 0 Å². The van der Waals surface area contributed by atoms with Gasteiger partial charge >= 0.3 is 0 Å². The highest BCUT2D eigenvalue weighted by molar-refractivity contribution is 6.26. The van der Waals surface area contributed by atoms with Gasteiger partial charge in [-0.3, -0.25) is 0 Å². The van der Waals surface area contributed by atoms with Crippen LogP contribution in [0.3, 0.4) is 0 Å². The van der Waals surface area contributed by atoms with E-state index in [0.29, 0.717) is 6.04 Å². The van der Waals surface area contributed by atoms with Crippen molar-refractivity contribution in [2.24, 2.45) is 0 Å². The zero-order valence-corrected chi connectivity index (χ0v) is 27.9. The molecule has 7 aromatic carbocycles. The first-order valence-corrected chi connectivity index (χ1v) is 17.8. The molecule has 51 heavy (non-hydrogen) atoms. The summed E-state index contributed by atoms with van der Waals surface area (Å²) in [6, 6.07) is 58.3. The molecule has 0 amide bonds. The van der Waals surface area contributed by atoms with Crippen molar-refractivity contribution in [1.29, 1.82) is 0 Å². The second-order valence-electron chi connectivity index (χ2n) is 13.7. The summed E-state index contributed by atoms with van der Waals surface area (Å²) in [6.07, 6.45) is 9.93. The SMILES string of the molecule is C1=CCC(n2c3ccccc3c3cc(-c4ccc5c(c4)c4ccc6c(c7ccccc7n6-c6ccccc6)c4n5-c4ccccc4)ccc32)C=C1. The summed E-state index contributed by atoms with van der Waals surface area (Å²) < 4.78 is 7.40. The van der Waals surface area contributed by atoms with Gasteiger partial charge in [-0.1, -0.05) is 115 Å². The average Bonchev–Trinajstić information content (AvgIpc) is 3.84. The molecule has 1 atom stereocenters. The molecule has 0 saturated heterocycles. The highest BCUT2D eigenvalue weighted by Gasteiger charge is 2.22. The highest BCUT2D eigenvalue weighted by Crippen LogP contribution is 2.43. The predicted molar refractivity (Wildman–Crippen MR) is 215 cm³/mol.